The van der Waals surface area contributed by atoms with Crippen molar-refractivity contribution in [2.75, 3.05) is 32.8 Å². The maximum absolute atomic E-state index is 12.4. The second-order valence-corrected chi connectivity index (χ2v) is 7.25. The highest BCUT2D eigenvalue weighted by Crippen LogP contribution is 2.28. The van der Waals surface area contributed by atoms with E-state index in [1.54, 1.807) is 0 Å². The minimum atomic E-state index is 0.209. The molecule has 2 heterocycles. The fourth-order valence-electron chi connectivity index (χ4n) is 4.27. The molecule has 2 saturated heterocycles. The lowest BCUT2D eigenvalue weighted by molar-refractivity contribution is -0.140. The number of fused-ring (bicyclic) bond motifs is 1. The average molecular weight is 294 g/mol. The fraction of sp³-hybridized carbons (Fsp3) is 0.941. The van der Waals surface area contributed by atoms with Gasteiger partial charge in [-0.05, 0) is 56.5 Å². The zero-order valence-electron chi connectivity index (χ0n) is 13.4. The van der Waals surface area contributed by atoms with Crippen LogP contribution in [0.15, 0.2) is 0 Å². The van der Waals surface area contributed by atoms with Crippen LogP contribution in [0, 0.1) is 17.8 Å². The van der Waals surface area contributed by atoms with Crippen LogP contribution in [-0.2, 0) is 9.53 Å². The van der Waals surface area contributed by atoms with E-state index in [4.69, 9.17) is 4.74 Å². The van der Waals surface area contributed by atoms with Gasteiger partial charge in [-0.1, -0.05) is 19.8 Å². The van der Waals surface area contributed by atoms with Crippen LogP contribution in [0.3, 0.4) is 0 Å². The maximum Gasteiger partial charge on any atom is 0.248 e. The van der Waals surface area contributed by atoms with Crippen molar-refractivity contribution in [1.29, 1.82) is 0 Å². The number of amides is 1. The predicted molar refractivity (Wildman–Crippen MR) is 83.0 cm³/mol. The third-order valence-corrected chi connectivity index (χ3v) is 5.83. The van der Waals surface area contributed by atoms with Crippen LogP contribution >= 0.6 is 0 Å². The molecule has 2 unspecified atom stereocenters. The number of likely N-dealkylation sites (tertiary alicyclic amines) is 1. The number of hydrogen-bond acceptors (Lipinski definition) is 3. The van der Waals surface area contributed by atoms with Crippen LogP contribution in [0.2, 0.25) is 0 Å². The molecule has 2 aliphatic heterocycles. The second-order valence-electron chi connectivity index (χ2n) is 7.25. The molecule has 3 aliphatic rings. The van der Waals surface area contributed by atoms with E-state index in [0.717, 1.165) is 57.3 Å². The average Bonchev–Trinajstić information content (AvgIpc) is 2.85. The van der Waals surface area contributed by atoms with E-state index >= 15 is 0 Å². The molecule has 3 fully saturated rings. The van der Waals surface area contributed by atoms with Crippen LogP contribution < -0.4 is 5.32 Å². The minimum Gasteiger partial charge on any atom is -0.368 e. The molecule has 4 nitrogen and oxygen atoms in total. The van der Waals surface area contributed by atoms with E-state index in [9.17, 15) is 4.79 Å². The molecule has 21 heavy (non-hydrogen) atoms. The summed E-state index contributed by atoms with van der Waals surface area (Å²) in [6, 6.07) is 0. The molecule has 1 saturated carbocycles. The van der Waals surface area contributed by atoms with Crippen molar-refractivity contribution in [3.05, 3.63) is 0 Å². The molecular formula is C17H30N2O2. The molecule has 120 valence electrons. The number of rotatable bonds is 3. The summed E-state index contributed by atoms with van der Waals surface area (Å²) in [4.78, 5) is 14.5. The van der Waals surface area contributed by atoms with Crippen LogP contribution in [0.4, 0.5) is 0 Å². The van der Waals surface area contributed by atoms with Crippen molar-refractivity contribution in [2.45, 2.75) is 51.6 Å². The summed E-state index contributed by atoms with van der Waals surface area (Å²) in [5.74, 6) is 2.38. The van der Waals surface area contributed by atoms with Crippen LogP contribution in [0.5, 0.6) is 0 Å². The topological polar surface area (TPSA) is 41.6 Å². The van der Waals surface area contributed by atoms with E-state index in [0.29, 0.717) is 18.6 Å². The van der Waals surface area contributed by atoms with Gasteiger partial charge < -0.3 is 15.0 Å². The minimum absolute atomic E-state index is 0.209. The highest BCUT2D eigenvalue weighted by molar-refractivity contribution is 5.77. The third kappa shape index (κ3) is 3.78. The van der Waals surface area contributed by atoms with Crippen molar-refractivity contribution in [3.8, 4) is 0 Å². The van der Waals surface area contributed by atoms with Crippen molar-refractivity contribution >= 4 is 5.91 Å². The lowest BCUT2D eigenvalue weighted by Crippen LogP contribution is -2.37. The number of carbonyl (C=O) groups excluding carboxylic acids is 1. The van der Waals surface area contributed by atoms with Crippen molar-refractivity contribution in [3.63, 3.8) is 0 Å². The van der Waals surface area contributed by atoms with Gasteiger partial charge >= 0.3 is 0 Å². The zero-order valence-corrected chi connectivity index (χ0v) is 13.4. The Kier molecular flexibility index (Phi) is 5.17. The molecule has 4 atom stereocenters. The van der Waals surface area contributed by atoms with E-state index in [1.807, 2.05) is 4.90 Å². The first kappa shape index (κ1) is 15.3. The standard InChI is InChI=1S/C17H30N2O2/c1-13-4-2-3-5-16(13)21-12-17(20)19-8-6-14-10-18-11-15(14)7-9-19/h13-16,18H,2-12H2,1H3/t13?,14-,15+,16?. The molecule has 0 aromatic carbocycles. The van der Waals surface area contributed by atoms with Crippen molar-refractivity contribution in [1.82, 2.24) is 10.2 Å². The summed E-state index contributed by atoms with van der Waals surface area (Å²) in [7, 11) is 0. The SMILES string of the molecule is CC1CCCCC1OCC(=O)N1CC[C@@H]2CNC[C@@H]2CC1. The summed E-state index contributed by atoms with van der Waals surface area (Å²) in [6.45, 7) is 6.68. The van der Waals surface area contributed by atoms with Gasteiger partial charge in [-0.15, -0.1) is 0 Å². The maximum atomic E-state index is 12.4. The Morgan fingerprint density at radius 3 is 2.43 bits per heavy atom. The Morgan fingerprint density at radius 1 is 1.10 bits per heavy atom. The van der Waals surface area contributed by atoms with Gasteiger partial charge in [0.15, 0.2) is 0 Å². The van der Waals surface area contributed by atoms with Gasteiger partial charge in [0, 0.05) is 13.1 Å². The molecule has 3 rings (SSSR count). The Bertz CT molecular complexity index is 347. The largest absolute Gasteiger partial charge is 0.368 e. The molecule has 0 aromatic rings. The lowest BCUT2D eigenvalue weighted by atomic mass is 9.88. The Balaban J connectivity index is 1.44. The molecular weight excluding hydrogens is 264 g/mol. The fourth-order valence-corrected chi connectivity index (χ4v) is 4.27. The Labute approximate surface area is 128 Å². The molecule has 1 amide bonds. The van der Waals surface area contributed by atoms with Gasteiger partial charge in [-0.3, -0.25) is 4.79 Å². The smallest absolute Gasteiger partial charge is 0.248 e. The highest BCUT2D eigenvalue weighted by Gasteiger charge is 2.31. The lowest BCUT2D eigenvalue weighted by Gasteiger charge is -2.29. The van der Waals surface area contributed by atoms with E-state index in [-0.39, 0.29) is 5.91 Å². The van der Waals surface area contributed by atoms with Crippen LogP contribution in [0.25, 0.3) is 0 Å². The summed E-state index contributed by atoms with van der Waals surface area (Å²) in [6.07, 6.45) is 7.56. The van der Waals surface area contributed by atoms with Gasteiger partial charge in [0.05, 0.1) is 6.10 Å². The van der Waals surface area contributed by atoms with Gasteiger partial charge in [-0.25, -0.2) is 0 Å². The molecule has 1 N–H and O–H groups in total. The summed E-state index contributed by atoms with van der Waals surface area (Å²) >= 11 is 0. The van der Waals surface area contributed by atoms with Gasteiger partial charge in [0.2, 0.25) is 5.91 Å². The first-order valence-electron chi connectivity index (χ1n) is 8.84. The van der Waals surface area contributed by atoms with Gasteiger partial charge in [-0.2, -0.15) is 0 Å². The molecule has 4 heteroatoms. The molecule has 0 bridgehead atoms. The Morgan fingerprint density at radius 2 is 1.76 bits per heavy atom. The third-order valence-electron chi connectivity index (χ3n) is 5.83. The molecule has 1 aliphatic carbocycles. The summed E-state index contributed by atoms with van der Waals surface area (Å²) < 4.78 is 5.94. The van der Waals surface area contributed by atoms with E-state index < -0.39 is 0 Å². The number of ether oxygens (including phenoxy) is 1. The predicted octanol–water partition coefficient (Wildman–Crippen LogP) is 2.04. The second kappa shape index (κ2) is 7.10. The number of nitrogens with one attached hydrogen (secondary N) is 1. The van der Waals surface area contributed by atoms with Crippen LogP contribution in [0.1, 0.15) is 45.4 Å². The first-order chi connectivity index (χ1) is 10.2. The molecule has 0 radical (unpaired) electrons. The van der Waals surface area contributed by atoms with E-state index in [1.165, 1.54) is 19.3 Å². The quantitative estimate of drug-likeness (QED) is 0.866. The van der Waals surface area contributed by atoms with Crippen molar-refractivity contribution in [2.24, 2.45) is 17.8 Å². The van der Waals surface area contributed by atoms with Gasteiger partial charge in [0.1, 0.15) is 6.61 Å². The number of carbonyl (C=O) groups is 1. The zero-order chi connectivity index (χ0) is 14.7. The van der Waals surface area contributed by atoms with Crippen molar-refractivity contribution < 1.29 is 9.53 Å². The normalized spacial score (nSPS) is 37.1. The summed E-state index contributed by atoms with van der Waals surface area (Å²) in [5.41, 5.74) is 0. The van der Waals surface area contributed by atoms with Crippen LogP contribution in [-0.4, -0.2) is 49.7 Å². The van der Waals surface area contributed by atoms with E-state index in [2.05, 4.69) is 12.2 Å². The summed E-state index contributed by atoms with van der Waals surface area (Å²) in [5, 5.41) is 3.48. The first-order valence-corrected chi connectivity index (χ1v) is 8.84. The molecule has 0 aromatic heterocycles. The highest BCUT2D eigenvalue weighted by atomic mass is 16.5. The monoisotopic (exact) mass is 294 g/mol. The molecule has 0 spiro atoms. The Hall–Kier alpha value is -0.610. The number of nitrogens with zero attached hydrogens (tertiary/aromatic N) is 1. The van der Waals surface area contributed by atoms with Gasteiger partial charge in [0.25, 0.3) is 0 Å². The number of hydrogen-bond donors (Lipinski definition) is 1.